The molecule has 0 radical (unpaired) electrons. The van der Waals surface area contributed by atoms with E-state index < -0.39 is 18.0 Å². The molecule has 0 saturated carbocycles. The Balaban J connectivity index is 2.12. The molecule has 0 aromatic carbocycles. The number of piperidine rings is 1. The molecule has 17 heavy (non-hydrogen) atoms. The van der Waals surface area contributed by atoms with Gasteiger partial charge >= 0.3 is 6.03 Å². The van der Waals surface area contributed by atoms with Crippen LogP contribution in [0, 0.1) is 0 Å². The van der Waals surface area contributed by atoms with Crippen LogP contribution < -0.4 is 16.4 Å². The van der Waals surface area contributed by atoms with Gasteiger partial charge in [0.1, 0.15) is 6.10 Å². The molecule has 1 rings (SSSR count). The molecule has 0 aromatic rings. The number of carbonyl (C=O) groups is 2. The molecule has 2 atom stereocenters. The molecule has 0 bridgehead atoms. The fourth-order valence-electron chi connectivity index (χ4n) is 1.86. The van der Waals surface area contributed by atoms with E-state index in [1.165, 1.54) is 12.8 Å². The summed E-state index contributed by atoms with van der Waals surface area (Å²) in [5.74, 6) is -0.492. The molecule has 6 heteroatoms. The number of nitrogens with one attached hydrogen (secondary N) is 2. The van der Waals surface area contributed by atoms with Gasteiger partial charge in [0.25, 0.3) is 5.91 Å². The fourth-order valence-corrected chi connectivity index (χ4v) is 1.86. The molecule has 0 aromatic heterocycles. The second-order valence-corrected chi connectivity index (χ2v) is 4.30. The molecule has 1 fully saturated rings. The zero-order valence-corrected chi connectivity index (χ0v) is 10.2. The maximum atomic E-state index is 11.3. The minimum absolute atomic E-state index is 0.482. The third-order valence-corrected chi connectivity index (χ3v) is 2.86. The third-order valence-electron chi connectivity index (χ3n) is 2.86. The first-order valence-corrected chi connectivity index (χ1v) is 6.05. The van der Waals surface area contributed by atoms with Crippen molar-refractivity contribution in [1.82, 2.24) is 10.6 Å². The van der Waals surface area contributed by atoms with Gasteiger partial charge in [-0.05, 0) is 32.7 Å². The van der Waals surface area contributed by atoms with Crippen molar-refractivity contribution < 1.29 is 14.3 Å². The number of imide groups is 1. The van der Waals surface area contributed by atoms with Crippen molar-refractivity contribution >= 4 is 11.9 Å². The van der Waals surface area contributed by atoms with Crippen LogP contribution in [0.2, 0.25) is 0 Å². The molecule has 1 aliphatic heterocycles. The van der Waals surface area contributed by atoms with E-state index in [1.807, 2.05) is 5.32 Å². The summed E-state index contributed by atoms with van der Waals surface area (Å²) in [7, 11) is 0. The quantitative estimate of drug-likeness (QED) is 0.639. The highest BCUT2D eigenvalue weighted by Gasteiger charge is 2.16. The Labute approximate surface area is 101 Å². The normalized spacial score (nSPS) is 21.8. The monoisotopic (exact) mass is 243 g/mol. The van der Waals surface area contributed by atoms with E-state index in [2.05, 4.69) is 5.32 Å². The Morgan fingerprint density at radius 1 is 1.53 bits per heavy atom. The van der Waals surface area contributed by atoms with Crippen LogP contribution in [-0.2, 0) is 9.53 Å². The molecular weight excluding hydrogens is 222 g/mol. The topological polar surface area (TPSA) is 93.4 Å². The van der Waals surface area contributed by atoms with Crippen molar-refractivity contribution in [1.29, 1.82) is 0 Å². The van der Waals surface area contributed by atoms with Crippen LogP contribution in [0.15, 0.2) is 0 Å². The van der Waals surface area contributed by atoms with Crippen LogP contribution in [0.5, 0.6) is 0 Å². The Morgan fingerprint density at radius 2 is 2.29 bits per heavy atom. The lowest BCUT2D eigenvalue weighted by molar-refractivity contribution is -0.130. The Kier molecular flexibility index (Phi) is 5.93. The molecule has 0 spiro atoms. The van der Waals surface area contributed by atoms with Gasteiger partial charge < -0.3 is 15.8 Å². The van der Waals surface area contributed by atoms with Crippen molar-refractivity contribution in [3.63, 3.8) is 0 Å². The molecular formula is C11H21N3O3. The van der Waals surface area contributed by atoms with Gasteiger partial charge in [-0.25, -0.2) is 4.79 Å². The number of amides is 3. The number of hydrogen-bond acceptors (Lipinski definition) is 4. The first-order valence-electron chi connectivity index (χ1n) is 6.05. The van der Waals surface area contributed by atoms with E-state index >= 15 is 0 Å². The van der Waals surface area contributed by atoms with Crippen molar-refractivity contribution in [2.24, 2.45) is 5.73 Å². The smallest absolute Gasteiger partial charge is 0.318 e. The lowest BCUT2D eigenvalue weighted by atomic mass is 10.0. The predicted octanol–water partition coefficient (Wildman–Crippen LogP) is 0.119. The maximum absolute atomic E-state index is 11.3. The van der Waals surface area contributed by atoms with Gasteiger partial charge in [0.2, 0.25) is 0 Å². The largest absolute Gasteiger partial charge is 0.369 e. The molecule has 0 aliphatic carbocycles. The van der Waals surface area contributed by atoms with Crippen molar-refractivity contribution in [2.45, 2.75) is 44.8 Å². The summed E-state index contributed by atoms with van der Waals surface area (Å²) in [5.41, 5.74) is 4.84. The molecule has 1 aliphatic rings. The van der Waals surface area contributed by atoms with Gasteiger partial charge in [0.05, 0.1) is 0 Å². The average molecular weight is 243 g/mol. The predicted molar refractivity (Wildman–Crippen MR) is 63.4 cm³/mol. The minimum Gasteiger partial charge on any atom is -0.369 e. The number of urea groups is 1. The first kappa shape index (κ1) is 13.9. The molecule has 3 amide bonds. The summed E-state index contributed by atoms with van der Waals surface area (Å²) in [6.45, 7) is 3.17. The van der Waals surface area contributed by atoms with Gasteiger partial charge in [-0.2, -0.15) is 0 Å². The average Bonchev–Trinajstić information content (AvgIpc) is 2.29. The van der Waals surface area contributed by atoms with Gasteiger partial charge in [0, 0.05) is 12.6 Å². The second-order valence-electron chi connectivity index (χ2n) is 4.30. The molecule has 98 valence electrons. The maximum Gasteiger partial charge on any atom is 0.318 e. The van der Waals surface area contributed by atoms with Crippen LogP contribution >= 0.6 is 0 Å². The summed E-state index contributed by atoms with van der Waals surface area (Å²) in [6, 6.07) is -0.366. The summed E-state index contributed by atoms with van der Waals surface area (Å²) in [6.07, 6.45) is 3.87. The summed E-state index contributed by atoms with van der Waals surface area (Å²) in [5, 5.41) is 5.39. The summed E-state index contributed by atoms with van der Waals surface area (Å²) < 4.78 is 5.35. The lowest BCUT2D eigenvalue weighted by Crippen LogP contribution is -2.42. The lowest BCUT2D eigenvalue weighted by Gasteiger charge is -2.23. The van der Waals surface area contributed by atoms with Gasteiger partial charge in [-0.3, -0.25) is 10.1 Å². The number of primary amides is 1. The zero-order valence-electron chi connectivity index (χ0n) is 10.2. The van der Waals surface area contributed by atoms with Crippen LogP contribution in [0.1, 0.15) is 32.6 Å². The Morgan fingerprint density at radius 3 is 2.88 bits per heavy atom. The van der Waals surface area contributed by atoms with E-state index in [0.29, 0.717) is 12.6 Å². The number of ether oxygens (including phenoxy) is 1. The molecule has 4 N–H and O–H groups in total. The molecule has 6 nitrogen and oxygen atoms in total. The minimum atomic E-state index is -0.848. The van der Waals surface area contributed by atoms with Gasteiger partial charge in [-0.15, -0.1) is 0 Å². The number of carbonyl (C=O) groups excluding carboxylic acids is 2. The zero-order chi connectivity index (χ0) is 12.7. The van der Waals surface area contributed by atoms with Crippen molar-refractivity contribution in [2.75, 3.05) is 13.2 Å². The Hall–Kier alpha value is -1.14. The fraction of sp³-hybridized carbons (Fsp3) is 0.818. The van der Waals surface area contributed by atoms with Crippen LogP contribution in [0.25, 0.3) is 0 Å². The van der Waals surface area contributed by atoms with Crippen LogP contribution in [0.4, 0.5) is 4.79 Å². The third kappa shape index (κ3) is 5.65. The number of hydrogen-bond donors (Lipinski definition) is 3. The van der Waals surface area contributed by atoms with E-state index in [4.69, 9.17) is 10.5 Å². The van der Waals surface area contributed by atoms with E-state index in [0.717, 1.165) is 19.4 Å². The summed E-state index contributed by atoms with van der Waals surface area (Å²) in [4.78, 5) is 21.7. The molecule has 2 unspecified atom stereocenters. The van der Waals surface area contributed by atoms with Gasteiger partial charge in [-0.1, -0.05) is 6.42 Å². The van der Waals surface area contributed by atoms with Crippen LogP contribution in [-0.4, -0.2) is 37.2 Å². The molecule has 1 saturated heterocycles. The standard InChI is InChI=1S/C11H21N3O3/c1-8(10(15)14-11(12)16)17-7-5-9-4-2-3-6-13-9/h8-9,13H,2-7H2,1H3,(H3,12,14,15,16). The highest BCUT2D eigenvalue weighted by atomic mass is 16.5. The SMILES string of the molecule is CC(OCCC1CCCCN1)C(=O)NC(N)=O. The van der Waals surface area contributed by atoms with Crippen LogP contribution in [0.3, 0.4) is 0 Å². The van der Waals surface area contributed by atoms with Gasteiger partial charge in [0.15, 0.2) is 0 Å². The summed E-state index contributed by atoms with van der Waals surface area (Å²) >= 11 is 0. The number of rotatable bonds is 5. The molecule has 1 heterocycles. The van der Waals surface area contributed by atoms with Crippen molar-refractivity contribution in [3.05, 3.63) is 0 Å². The van der Waals surface area contributed by atoms with E-state index in [1.54, 1.807) is 6.92 Å². The second kappa shape index (κ2) is 7.24. The highest BCUT2D eigenvalue weighted by Crippen LogP contribution is 2.10. The first-order chi connectivity index (χ1) is 8.09. The van der Waals surface area contributed by atoms with Crippen molar-refractivity contribution in [3.8, 4) is 0 Å². The highest BCUT2D eigenvalue weighted by molar-refractivity contribution is 5.95. The number of nitrogens with two attached hydrogens (primary N) is 1. The van der Waals surface area contributed by atoms with E-state index in [9.17, 15) is 9.59 Å². The Bertz CT molecular complexity index is 265. The van der Waals surface area contributed by atoms with E-state index in [-0.39, 0.29) is 0 Å².